The second-order valence-electron chi connectivity index (χ2n) is 8.66. The molecule has 9 nitrogen and oxygen atoms in total. The number of ketones is 1. The summed E-state index contributed by atoms with van der Waals surface area (Å²) in [5.41, 5.74) is 5.83. The number of nitrogens with one attached hydrogen (secondary N) is 1. The number of likely N-dealkylation sites (tertiary alicyclic amines) is 1. The van der Waals surface area contributed by atoms with Gasteiger partial charge in [0, 0.05) is 30.6 Å². The molecule has 37 heavy (non-hydrogen) atoms. The van der Waals surface area contributed by atoms with Gasteiger partial charge in [-0.05, 0) is 32.0 Å². The molecule has 1 amide bonds. The van der Waals surface area contributed by atoms with Crippen molar-refractivity contribution >= 4 is 46.3 Å². The third-order valence-corrected chi connectivity index (χ3v) is 7.41. The first-order valence-electron chi connectivity index (χ1n) is 11.4. The van der Waals surface area contributed by atoms with Gasteiger partial charge in [0.1, 0.15) is 28.5 Å². The molecule has 14 heteroatoms. The smallest absolute Gasteiger partial charge is 0.383 e. The van der Waals surface area contributed by atoms with E-state index in [0.29, 0.717) is 23.2 Å². The molecule has 1 aliphatic rings. The first kappa shape index (κ1) is 26.9. The number of hydrogen-bond donors (Lipinski definition) is 2. The minimum Gasteiger partial charge on any atom is -0.383 e. The van der Waals surface area contributed by atoms with Crippen molar-refractivity contribution in [3.63, 3.8) is 0 Å². The molecule has 0 saturated carbocycles. The Labute approximate surface area is 219 Å². The van der Waals surface area contributed by atoms with Crippen molar-refractivity contribution in [3.8, 4) is 0 Å². The highest BCUT2D eigenvalue weighted by molar-refractivity contribution is 7.13. The number of nitrogens with two attached hydrogens (primary N) is 1. The van der Waals surface area contributed by atoms with Gasteiger partial charge in [0.05, 0.1) is 21.8 Å². The number of carbonyl (C=O) groups is 2. The second kappa shape index (κ2) is 11.1. The van der Waals surface area contributed by atoms with Crippen LogP contribution in [-0.2, 0) is 12.7 Å². The normalized spacial score (nSPS) is 15.1. The summed E-state index contributed by atoms with van der Waals surface area (Å²) in [6.45, 7) is 4.13. The van der Waals surface area contributed by atoms with Gasteiger partial charge in [-0.15, -0.1) is 11.3 Å². The Morgan fingerprint density at radius 2 is 1.92 bits per heavy atom. The average molecular weight is 554 g/mol. The van der Waals surface area contributed by atoms with Crippen LogP contribution < -0.4 is 11.1 Å². The molecule has 3 aromatic heterocycles. The number of thiazole rings is 1. The summed E-state index contributed by atoms with van der Waals surface area (Å²) in [4.78, 5) is 44.3. The number of pyridine rings is 1. The van der Waals surface area contributed by atoms with Crippen molar-refractivity contribution in [2.24, 2.45) is 0 Å². The van der Waals surface area contributed by atoms with E-state index in [1.807, 2.05) is 0 Å². The first-order chi connectivity index (χ1) is 17.5. The van der Waals surface area contributed by atoms with Crippen LogP contribution in [0.5, 0.6) is 0 Å². The lowest BCUT2D eigenvalue weighted by molar-refractivity contribution is -0.137. The lowest BCUT2D eigenvalue weighted by atomic mass is 10.0. The standard InChI is InChI=1S/C23H23ClF3N7O2S/c1-12(6-16(35)19-13(20(28)32-11-31-19)10-34-4-2-3-5-34)22-30-9-17(37-22)21(36)33-18-7-14(23(25,26)27)15(24)8-29-18/h7-9,11-12H,2-6,10H2,1H3,(H2,28,31,32)(H,29,33,36)/t12-/m1/s1. The number of alkyl halides is 3. The maximum atomic E-state index is 13.1. The monoisotopic (exact) mass is 553 g/mol. The third-order valence-electron chi connectivity index (χ3n) is 5.89. The van der Waals surface area contributed by atoms with Crippen LogP contribution in [-0.4, -0.2) is 49.6 Å². The molecule has 0 aliphatic carbocycles. The van der Waals surface area contributed by atoms with Gasteiger partial charge in [0.25, 0.3) is 5.91 Å². The van der Waals surface area contributed by atoms with Gasteiger partial charge in [-0.25, -0.2) is 19.9 Å². The lowest BCUT2D eigenvalue weighted by Gasteiger charge is -2.18. The lowest BCUT2D eigenvalue weighted by Crippen LogP contribution is -2.23. The van der Waals surface area contributed by atoms with Crippen LogP contribution in [0.1, 0.15) is 68.4 Å². The molecule has 4 heterocycles. The summed E-state index contributed by atoms with van der Waals surface area (Å²) in [6, 6.07) is 0.663. The topological polar surface area (TPSA) is 127 Å². The summed E-state index contributed by atoms with van der Waals surface area (Å²) in [5, 5.41) is 2.27. The fourth-order valence-electron chi connectivity index (χ4n) is 3.97. The van der Waals surface area contributed by atoms with Crippen molar-refractivity contribution in [3.05, 3.63) is 56.5 Å². The van der Waals surface area contributed by atoms with E-state index in [-0.39, 0.29) is 40.3 Å². The highest BCUT2D eigenvalue weighted by Crippen LogP contribution is 2.35. The zero-order valence-electron chi connectivity index (χ0n) is 19.7. The molecule has 1 atom stereocenters. The fraction of sp³-hybridized carbons (Fsp3) is 0.391. The van der Waals surface area contributed by atoms with E-state index in [1.54, 1.807) is 6.92 Å². The number of carbonyl (C=O) groups excluding carboxylic acids is 2. The largest absolute Gasteiger partial charge is 0.418 e. The molecular weight excluding hydrogens is 531 g/mol. The number of nitrogens with zero attached hydrogens (tertiary/aromatic N) is 5. The predicted octanol–water partition coefficient (Wildman–Crippen LogP) is 4.81. The average Bonchev–Trinajstić information content (AvgIpc) is 3.53. The Bertz CT molecular complexity index is 1310. The van der Waals surface area contributed by atoms with E-state index in [0.717, 1.165) is 43.5 Å². The molecule has 4 rings (SSSR count). The van der Waals surface area contributed by atoms with Gasteiger partial charge < -0.3 is 11.1 Å². The number of halogens is 4. The summed E-state index contributed by atoms with van der Waals surface area (Å²) in [6.07, 6.45) is 0.952. The molecule has 0 aromatic carbocycles. The molecule has 0 radical (unpaired) electrons. The van der Waals surface area contributed by atoms with E-state index < -0.39 is 22.7 Å². The molecule has 3 aromatic rings. The Balaban J connectivity index is 1.44. The van der Waals surface area contributed by atoms with Gasteiger partial charge in [0.15, 0.2) is 5.78 Å². The van der Waals surface area contributed by atoms with E-state index in [4.69, 9.17) is 17.3 Å². The van der Waals surface area contributed by atoms with Crippen molar-refractivity contribution in [1.29, 1.82) is 0 Å². The van der Waals surface area contributed by atoms with E-state index in [2.05, 4.69) is 30.2 Å². The number of aromatic nitrogens is 4. The quantitative estimate of drug-likeness (QED) is 0.381. The van der Waals surface area contributed by atoms with Crippen molar-refractivity contribution in [1.82, 2.24) is 24.8 Å². The zero-order chi connectivity index (χ0) is 26.7. The number of hydrogen-bond acceptors (Lipinski definition) is 9. The van der Waals surface area contributed by atoms with E-state index in [1.165, 1.54) is 12.5 Å². The van der Waals surface area contributed by atoms with Gasteiger partial charge in [-0.3, -0.25) is 14.5 Å². The van der Waals surface area contributed by atoms with Crippen LogP contribution in [0.15, 0.2) is 24.8 Å². The van der Waals surface area contributed by atoms with Gasteiger partial charge in [-0.1, -0.05) is 18.5 Å². The molecule has 1 saturated heterocycles. The van der Waals surface area contributed by atoms with Crippen LogP contribution in [0.25, 0.3) is 0 Å². The highest BCUT2D eigenvalue weighted by Gasteiger charge is 2.34. The summed E-state index contributed by atoms with van der Waals surface area (Å²) in [7, 11) is 0. The van der Waals surface area contributed by atoms with Crippen LogP contribution in [0.2, 0.25) is 5.02 Å². The predicted molar refractivity (Wildman–Crippen MR) is 133 cm³/mol. The maximum absolute atomic E-state index is 13.1. The third kappa shape index (κ3) is 6.40. The molecule has 3 N–H and O–H groups in total. The minimum atomic E-state index is -4.69. The first-order valence-corrected chi connectivity index (χ1v) is 12.6. The van der Waals surface area contributed by atoms with Crippen LogP contribution >= 0.6 is 22.9 Å². The zero-order valence-corrected chi connectivity index (χ0v) is 21.3. The molecule has 1 aliphatic heterocycles. The molecular formula is C23H23ClF3N7O2S. The van der Waals surface area contributed by atoms with Crippen LogP contribution in [0.4, 0.5) is 24.8 Å². The van der Waals surface area contributed by atoms with Crippen molar-refractivity contribution < 1.29 is 22.8 Å². The summed E-state index contributed by atoms with van der Waals surface area (Å²) >= 11 is 6.61. The number of Topliss-reactive ketones (excluding diaryl/α,β-unsaturated/α-hetero) is 1. The Morgan fingerprint density at radius 3 is 2.62 bits per heavy atom. The second-order valence-corrected chi connectivity index (χ2v) is 10.1. The van der Waals surface area contributed by atoms with E-state index >= 15 is 0 Å². The maximum Gasteiger partial charge on any atom is 0.418 e. The van der Waals surface area contributed by atoms with Gasteiger partial charge in [-0.2, -0.15) is 13.2 Å². The van der Waals surface area contributed by atoms with Gasteiger partial charge in [0.2, 0.25) is 0 Å². The molecule has 0 bridgehead atoms. The summed E-state index contributed by atoms with van der Waals surface area (Å²) < 4.78 is 39.2. The number of rotatable bonds is 8. The molecule has 0 spiro atoms. The Hall–Kier alpha value is -3.16. The fourth-order valence-corrected chi connectivity index (χ4v) is 5.05. The van der Waals surface area contributed by atoms with Crippen LogP contribution in [0, 0.1) is 0 Å². The Kier molecular flexibility index (Phi) is 8.05. The molecule has 0 unspecified atom stereocenters. The number of anilines is 2. The summed E-state index contributed by atoms with van der Waals surface area (Å²) in [5.74, 6) is -1.27. The van der Waals surface area contributed by atoms with Crippen molar-refractivity contribution in [2.45, 2.75) is 44.8 Å². The van der Waals surface area contributed by atoms with Crippen LogP contribution in [0.3, 0.4) is 0 Å². The molecule has 196 valence electrons. The van der Waals surface area contributed by atoms with Gasteiger partial charge >= 0.3 is 6.18 Å². The number of nitrogen functional groups attached to an aromatic ring is 1. The minimum absolute atomic E-state index is 0.0751. The molecule has 1 fully saturated rings. The SMILES string of the molecule is C[C@H](CC(=O)c1ncnc(N)c1CN1CCCC1)c1ncc(C(=O)Nc2cc(C(F)(F)F)c(Cl)cn2)s1. The highest BCUT2D eigenvalue weighted by atomic mass is 35.5. The van der Waals surface area contributed by atoms with E-state index in [9.17, 15) is 22.8 Å². The number of amides is 1. The van der Waals surface area contributed by atoms with Crippen molar-refractivity contribution in [2.75, 3.05) is 24.1 Å². The Morgan fingerprint density at radius 1 is 1.19 bits per heavy atom.